The van der Waals surface area contributed by atoms with Gasteiger partial charge in [0.2, 0.25) is 0 Å². The number of hydrogen-bond donors (Lipinski definition) is 1. The third kappa shape index (κ3) is 4.60. The normalized spacial score (nSPS) is 11.0. The highest BCUT2D eigenvalue weighted by Crippen LogP contribution is 2.21. The van der Waals surface area contributed by atoms with Crippen molar-refractivity contribution in [2.24, 2.45) is 7.05 Å². The highest BCUT2D eigenvalue weighted by molar-refractivity contribution is 6.01. The van der Waals surface area contributed by atoms with Crippen LogP contribution in [0.15, 0.2) is 0 Å². The highest BCUT2D eigenvalue weighted by Gasteiger charge is 2.25. The molecule has 0 saturated heterocycles. The maximum Gasteiger partial charge on any atom is 0.355 e. The van der Waals surface area contributed by atoms with Gasteiger partial charge in [0.05, 0.1) is 12.2 Å². The van der Waals surface area contributed by atoms with E-state index in [4.69, 9.17) is 4.74 Å². The number of nitrogens with zero attached hydrogens (tertiary/aromatic N) is 2. The fourth-order valence-corrected chi connectivity index (χ4v) is 2.93. The van der Waals surface area contributed by atoms with Gasteiger partial charge < -0.3 is 19.5 Å². The van der Waals surface area contributed by atoms with Crippen molar-refractivity contribution in [2.45, 2.75) is 41.0 Å². The zero-order valence-corrected chi connectivity index (χ0v) is 15.9. The van der Waals surface area contributed by atoms with Crippen LogP contribution in [0.2, 0.25) is 0 Å². The molecule has 0 aliphatic heterocycles. The van der Waals surface area contributed by atoms with Crippen LogP contribution in [0.4, 0.5) is 0 Å². The summed E-state index contributed by atoms with van der Waals surface area (Å²) in [6.45, 7) is 13.6. The number of hydrogen-bond acceptors (Lipinski definition) is 4. The molecule has 1 heterocycles. The fourth-order valence-electron chi connectivity index (χ4n) is 2.93. The van der Waals surface area contributed by atoms with E-state index in [9.17, 15) is 9.59 Å². The Labute approximate surface area is 145 Å². The Kier molecular flexibility index (Phi) is 7.98. The third-order valence-corrected chi connectivity index (χ3v) is 4.46. The first-order chi connectivity index (χ1) is 11.4. The topological polar surface area (TPSA) is 63.6 Å². The van der Waals surface area contributed by atoms with Gasteiger partial charge in [-0.25, -0.2) is 4.79 Å². The van der Waals surface area contributed by atoms with Crippen LogP contribution in [0, 0.1) is 13.8 Å². The molecule has 0 bridgehead atoms. The molecule has 0 aliphatic rings. The maximum atomic E-state index is 12.5. The van der Waals surface area contributed by atoms with Crippen molar-refractivity contribution in [3.05, 3.63) is 22.5 Å². The second-order valence-electron chi connectivity index (χ2n) is 5.85. The van der Waals surface area contributed by atoms with Crippen molar-refractivity contribution in [3.8, 4) is 0 Å². The Hall–Kier alpha value is -1.82. The van der Waals surface area contributed by atoms with Gasteiger partial charge >= 0.3 is 5.97 Å². The minimum atomic E-state index is -0.388. The van der Waals surface area contributed by atoms with Crippen molar-refractivity contribution in [3.63, 3.8) is 0 Å². The Morgan fingerprint density at radius 3 is 2.33 bits per heavy atom. The van der Waals surface area contributed by atoms with E-state index < -0.39 is 0 Å². The summed E-state index contributed by atoms with van der Waals surface area (Å²) in [5, 5.41) is 2.96. The second-order valence-corrected chi connectivity index (χ2v) is 5.85. The lowest BCUT2D eigenvalue weighted by Crippen LogP contribution is -2.30. The molecule has 1 aromatic heterocycles. The molecule has 0 spiro atoms. The van der Waals surface area contributed by atoms with Crippen molar-refractivity contribution in [1.82, 2.24) is 14.8 Å². The van der Waals surface area contributed by atoms with E-state index in [0.29, 0.717) is 30.0 Å². The van der Waals surface area contributed by atoms with E-state index in [-0.39, 0.29) is 11.9 Å². The SMILES string of the molecule is CCOC(=O)c1c(C)c(C(=O)NCCCN(CC)CC)c(C)n1C. The van der Waals surface area contributed by atoms with Crippen LogP contribution in [0.1, 0.15) is 59.3 Å². The molecule has 1 N–H and O–H groups in total. The van der Waals surface area contributed by atoms with Gasteiger partial charge in [-0.1, -0.05) is 13.8 Å². The Bertz CT molecular complexity index is 575. The number of ether oxygens (including phenoxy) is 1. The molecular weight excluding hydrogens is 306 g/mol. The van der Waals surface area contributed by atoms with Crippen molar-refractivity contribution in [2.75, 3.05) is 32.8 Å². The van der Waals surface area contributed by atoms with Gasteiger partial charge in [0, 0.05) is 19.3 Å². The zero-order valence-electron chi connectivity index (χ0n) is 15.9. The molecule has 136 valence electrons. The van der Waals surface area contributed by atoms with E-state index in [1.54, 1.807) is 25.5 Å². The largest absolute Gasteiger partial charge is 0.461 e. The summed E-state index contributed by atoms with van der Waals surface area (Å²) in [4.78, 5) is 26.9. The average molecular weight is 337 g/mol. The molecule has 0 fully saturated rings. The molecule has 0 saturated carbocycles. The molecule has 0 aliphatic carbocycles. The van der Waals surface area contributed by atoms with Crippen molar-refractivity contribution in [1.29, 1.82) is 0 Å². The molecule has 0 unspecified atom stereocenters. The van der Waals surface area contributed by atoms with Gasteiger partial charge in [-0.3, -0.25) is 4.79 Å². The molecule has 1 aromatic rings. The summed E-state index contributed by atoms with van der Waals surface area (Å²) in [6.07, 6.45) is 0.906. The number of amides is 1. The second kappa shape index (κ2) is 9.47. The Morgan fingerprint density at radius 2 is 1.79 bits per heavy atom. The summed E-state index contributed by atoms with van der Waals surface area (Å²) < 4.78 is 6.82. The molecule has 0 aromatic carbocycles. The first-order valence-corrected chi connectivity index (χ1v) is 8.72. The van der Waals surface area contributed by atoms with Gasteiger partial charge in [0.1, 0.15) is 5.69 Å². The molecule has 0 atom stereocenters. The first kappa shape index (κ1) is 20.2. The number of carbonyl (C=O) groups is 2. The fraction of sp³-hybridized carbons (Fsp3) is 0.667. The van der Waals surface area contributed by atoms with Crippen LogP contribution in [-0.4, -0.2) is 54.1 Å². The van der Waals surface area contributed by atoms with Crippen LogP contribution < -0.4 is 5.32 Å². The van der Waals surface area contributed by atoms with Gasteiger partial charge in [-0.2, -0.15) is 0 Å². The molecule has 1 amide bonds. The van der Waals surface area contributed by atoms with Crippen LogP contribution in [-0.2, 0) is 11.8 Å². The Balaban J connectivity index is 2.78. The molecule has 24 heavy (non-hydrogen) atoms. The lowest BCUT2D eigenvalue weighted by atomic mass is 10.1. The number of esters is 1. The van der Waals surface area contributed by atoms with E-state index in [1.807, 2.05) is 6.92 Å². The van der Waals surface area contributed by atoms with Gasteiger partial charge in [0.25, 0.3) is 5.91 Å². The van der Waals surface area contributed by atoms with E-state index in [1.165, 1.54) is 0 Å². The molecule has 6 heteroatoms. The quantitative estimate of drug-likeness (QED) is 0.555. The molecule has 0 radical (unpaired) electrons. The molecule has 1 rings (SSSR count). The maximum absolute atomic E-state index is 12.5. The molecular formula is C18H31N3O3. The lowest BCUT2D eigenvalue weighted by Gasteiger charge is -2.17. The summed E-state index contributed by atoms with van der Waals surface area (Å²) in [5.41, 5.74) is 2.47. The monoisotopic (exact) mass is 337 g/mol. The van der Waals surface area contributed by atoms with Crippen LogP contribution in [0.3, 0.4) is 0 Å². The average Bonchev–Trinajstić information content (AvgIpc) is 2.77. The van der Waals surface area contributed by atoms with Gasteiger partial charge in [-0.15, -0.1) is 0 Å². The Morgan fingerprint density at radius 1 is 1.17 bits per heavy atom. The summed E-state index contributed by atoms with van der Waals surface area (Å²) >= 11 is 0. The first-order valence-electron chi connectivity index (χ1n) is 8.72. The zero-order chi connectivity index (χ0) is 18.3. The standard InChI is InChI=1S/C18H31N3O3/c1-7-21(8-2)12-10-11-19-17(22)15-13(4)16(18(23)24-9-3)20(6)14(15)5/h7-12H2,1-6H3,(H,19,22). The highest BCUT2D eigenvalue weighted by atomic mass is 16.5. The predicted molar refractivity (Wildman–Crippen MR) is 95.6 cm³/mol. The van der Waals surface area contributed by atoms with E-state index in [0.717, 1.165) is 31.7 Å². The van der Waals surface area contributed by atoms with Crippen LogP contribution in [0.5, 0.6) is 0 Å². The number of rotatable bonds is 9. The number of nitrogens with one attached hydrogen (secondary N) is 1. The van der Waals surface area contributed by atoms with Gasteiger partial charge in [0.15, 0.2) is 0 Å². The molecule has 6 nitrogen and oxygen atoms in total. The van der Waals surface area contributed by atoms with Gasteiger partial charge in [-0.05, 0) is 52.4 Å². The third-order valence-electron chi connectivity index (χ3n) is 4.46. The van der Waals surface area contributed by atoms with E-state index in [2.05, 4.69) is 24.1 Å². The lowest BCUT2D eigenvalue weighted by molar-refractivity contribution is 0.0514. The smallest absolute Gasteiger partial charge is 0.355 e. The number of aromatic nitrogens is 1. The van der Waals surface area contributed by atoms with Crippen LogP contribution >= 0.6 is 0 Å². The summed E-state index contributed by atoms with van der Waals surface area (Å²) in [5.74, 6) is -0.517. The van der Waals surface area contributed by atoms with Crippen LogP contribution in [0.25, 0.3) is 0 Å². The summed E-state index contributed by atoms with van der Waals surface area (Å²) in [6, 6.07) is 0. The van der Waals surface area contributed by atoms with E-state index >= 15 is 0 Å². The predicted octanol–water partition coefficient (Wildman–Crippen LogP) is 2.28. The number of carbonyl (C=O) groups excluding carboxylic acids is 2. The van der Waals surface area contributed by atoms with Crippen molar-refractivity contribution >= 4 is 11.9 Å². The summed E-state index contributed by atoms with van der Waals surface area (Å²) in [7, 11) is 1.78. The minimum absolute atomic E-state index is 0.129. The minimum Gasteiger partial charge on any atom is -0.461 e. The van der Waals surface area contributed by atoms with Crippen molar-refractivity contribution < 1.29 is 14.3 Å².